The Morgan fingerprint density at radius 1 is 1.00 bits per heavy atom. The van der Waals surface area contributed by atoms with Crippen molar-refractivity contribution in [1.82, 2.24) is 4.98 Å². The number of sulfonamides is 1. The molecule has 2 heterocycles. The van der Waals surface area contributed by atoms with Crippen molar-refractivity contribution >= 4 is 59.5 Å². The van der Waals surface area contributed by atoms with Gasteiger partial charge in [0, 0.05) is 10.4 Å². The molecular formula is C29H24FN3O3S3. The molecule has 1 atom stereocenters. The molecule has 0 saturated carbocycles. The highest BCUT2D eigenvalue weighted by Crippen LogP contribution is 2.47. The zero-order valence-electron chi connectivity index (χ0n) is 20.9. The SMILES string of the molecule is CC1CCc2c(sc(NC(=O)c3ccccc3NS(=O)(=O)c3ccc(F)cc3)c2-c2nc3ccccc3s2)C1. The fourth-order valence-electron chi connectivity index (χ4n) is 4.80. The number of carbonyl (C=O) groups is 1. The van der Waals surface area contributed by atoms with Crippen molar-refractivity contribution in [2.45, 2.75) is 31.1 Å². The molecule has 10 heteroatoms. The van der Waals surface area contributed by atoms with Crippen LogP contribution in [0.2, 0.25) is 0 Å². The number of nitrogens with zero attached hydrogens (tertiary/aromatic N) is 1. The topological polar surface area (TPSA) is 88.2 Å². The van der Waals surface area contributed by atoms with E-state index in [1.807, 2.05) is 24.3 Å². The average Bonchev–Trinajstić information content (AvgIpc) is 3.49. The minimum atomic E-state index is -4.04. The molecule has 5 aromatic rings. The molecule has 0 spiro atoms. The van der Waals surface area contributed by atoms with Crippen molar-refractivity contribution < 1.29 is 17.6 Å². The van der Waals surface area contributed by atoms with Crippen LogP contribution in [0, 0.1) is 11.7 Å². The molecule has 39 heavy (non-hydrogen) atoms. The largest absolute Gasteiger partial charge is 0.313 e. The van der Waals surface area contributed by atoms with Gasteiger partial charge in [0.2, 0.25) is 0 Å². The predicted octanol–water partition coefficient (Wildman–Crippen LogP) is 7.34. The summed E-state index contributed by atoms with van der Waals surface area (Å²) in [5.74, 6) is -0.406. The Hall–Kier alpha value is -3.60. The number of fused-ring (bicyclic) bond motifs is 2. The molecule has 3 aromatic carbocycles. The quantitative estimate of drug-likeness (QED) is 0.221. The molecule has 1 aliphatic rings. The summed E-state index contributed by atoms with van der Waals surface area (Å²) in [6.45, 7) is 2.24. The van der Waals surface area contributed by atoms with Crippen LogP contribution in [0.25, 0.3) is 20.8 Å². The Morgan fingerprint density at radius 2 is 1.74 bits per heavy atom. The summed E-state index contributed by atoms with van der Waals surface area (Å²) in [7, 11) is -4.04. The summed E-state index contributed by atoms with van der Waals surface area (Å²) in [6.07, 6.45) is 2.94. The van der Waals surface area contributed by atoms with Crippen molar-refractivity contribution in [3.8, 4) is 10.6 Å². The number of hydrogen-bond acceptors (Lipinski definition) is 6. The van der Waals surface area contributed by atoms with Crippen molar-refractivity contribution in [2.75, 3.05) is 10.0 Å². The minimum Gasteiger partial charge on any atom is -0.313 e. The second kappa shape index (κ2) is 10.2. The minimum absolute atomic E-state index is 0.0997. The molecule has 6 rings (SSSR count). The second-order valence-electron chi connectivity index (χ2n) is 9.60. The molecule has 6 nitrogen and oxygen atoms in total. The van der Waals surface area contributed by atoms with Crippen LogP contribution in [0.5, 0.6) is 0 Å². The summed E-state index contributed by atoms with van der Waals surface area (Å²) in [6, 6.07) is 18.9. The summed E-state index contributed by atoms with van der Waals surface area (Å²) < 4.78 is 42.8. The summed E-state index contributed by atoms with van der Waals surface area (Å²) >= 11 is 3.17. The van der Waals surface area contributed by atoms with Gasteiger partial charge in [-0.1, -0.05) is 31.2 Å². The highest BCUT2D eigenvalue weighted by molar-refractivity contribution is 7.92. The van der Waals surface area contributed by atoms with Gasteiger partial charge in [-0.15, -0.1) is 22.7 Å². The van der Waals surface area contributed by atoms with Crippen LogP contribution in [-0.4, -0.2) is 19.3 Å². The lowest BCUT2D eigenvalue weighted by Gasteiger charge is -2.18. The van der Waals surface area contributed by atoms with Gasteiger partial charge >= 0.3 is 0 Å². The van der Waals surface area contributed by atoms with Gasteiger partial charge in [-0.2, -0.15) is 0 Å². The third-order valence-corrected chi connectivity index (χ3v) is 10.4. The molecule has 0 fully saturated rings. The highest BCUT2D eigenvalue weighted by atomic mass is 32.2. The lowest BCUT2D eigenvalue weighted by molar-refractivity contribution is 0.102. The van der Waals surface area contributed by atoms with E-state index >= 15 is 0 Å². The number of carbonyl (C=O) groups excluding carboxylic acids is 1. The Bertz CT molecular complexity index is 1780. The average molecular weight is 578 g/mol. The third kappa shape index (κ3) is 5.07. The molecule has 2 N–H and O–H groups in total. The van der Waals surface area contributed by atoms with Gasteiger partial charge < -0.3 is 5.32 Å². The molecule has 2 aromatic heterocycles. The molecule has 0 aliphatic heterocycles. The van der Waals surface area contributed by atoms with Gasteiger partial charge in [-0.25, -0.2) is 17.8 Å². The van der Waals surface area contributed by atoms with Crippen LogP contribution in [0.4, 0.5) is 15.1 Å². The first kappa shape index (κ1) is 25.7. The Labute approximate surface area is 233 Å². The van der Waals surface area contributed by atoms with Gasteiger partial charge in [0.15, 0.2) is 0 Å². The molecule has 1 unspecified atom stereocenters. The molecule has 0 radical (unpaired) electrons. The van der Waals surface area contributed by atoms with Crippen molar-refractivity contribution in [3.63, 3.8) is 0 Å². The zero-order valence-corrected chi connectivity index (χ0v) is 23.4. The maximum atomic E-state index is 13.6. The first-order chi connectivity index (χ1) is 18.8. The number of thiazole rings is 1. The number of benzene rings is 3. The van der Waals surface area contributed by atoms with Gasteiger partial charge in [0.1, 0.15) is 15.8 Å². The number of hydrogen-bond donors (Lipinski definition) is 2. The third-order valence-electron chi connectivity index (χ3n) is 6.79. The lowest BCUT2D eigenvalue weighted by atomic mass is 9.88. The Balaban J connectivity index is 1.36. The maximum absolute atomic E-state index is 13.6. The molecule has 1 aliphatic carbocycles. The summed E-state index contributed by atoms with van der Waals surface area (Å²) in [5.41, 5.74) is 3.42. The van der Waals surface area contributed by atoms with Crippen LogP contribution >= 0.6 is 22.7 Å². The zero-order chi connectivity index (χ0) is 27.1. The van der Waals surface area contributed by atoms with Crippen LogP contribution < -0.4 is 10.0 Å². The van der Waals surface area contributed by atoms with Gasteiger partial charge in [-0.3, -0.25) is 9.52 Å². The van der Waals surface area contributed by atoms with E-state index in [1.54, 1.807) is 40.9 Å². The number of nitrogens with one attached hydrogen (secondary N) is 2. The smallest absolute Gasteiger partial charge is 0.261 e. The monoisotopic (exact) mass is 577 g/mol. The van der Waals surface area contributed by atoms with E-state index < -0.39 is 21.7 Å². The van der Waals surface area contributed by atoms with E-state index in [-0.39, 0.29) is 16.1 Å². The van der Waals surface area contributed by atoms with E-state index in [0.29, 0.717) is 10.9 Å². The standard InChI is InChI=1S/C29H24FN3O3S3/c1-17-10-15-21-25(16-17)38-29(26(21)28-31-23-8-4-5-9-24(23)37-28)32-27(34)20-6-2-3-7-22(20)33-39(35,36)19-13-11-18(30)12-14-19/h2-9,11-14,17,33H,10,15-16H2,1H3,(H,32,34). The summed E-state index contributed by atoms with van der Waals surface area (Å²) in [4.78, 5) is 19.7. The van der Waals surface area contributed by atoms with Crippen LogP contribution in [0.1, 0.15) is 34.1 Å². The van der Waals surface area contributed by atoms with Gasteiger partial charge in [0.25, 0.3) is 15.9 Å². The van der Waals surface area contributed by atoms with E-state index in [1.165, 1.54) is 28.6 Å². The Kier molecular flexibility index (Phi) is 6.70. The molecule has 198 valence electrons. The van der Waals surface area contributed by atoms with Gasteiger partial charge in [-0.05, 0) is 79.3 Å². The second-order valence-corrected chi connectivity index (χ2v) is 13.4. The normalized spacial score (nSPS) is 15.2. The Morgan fingerprint density at radius 3 is 2.54 bits per heavy atom. The number of halogens is 1. The lowest BCUT2D eigenvalue weighted by Crippen LogP contribution is -2.18. The fourth-order valence-corrected chi connectivity index (χ4v) is 8.40. The van der Waals surface area contributed by atoms with Crippen LogP contribution in [-0.2, 0) is 22.9 Å². The van der Waals surface area contributed by atoms with E-state index in [9.17, 15) is 17.6 Å². The van der Waals surface area contributed by atoms with Crippen molar-refractivity contribution in [3.05, 3.63) is 94.6 Å². The van der Waals surface area contributed by atoms with Crippen molar-refractivity contribution in [1.29, 1.82) is 0 Å². The first-order valence-corrected chi connectivity index (χ1v) is 15.6. The first-order valence-electron chi connectivity index (χ1n) is 12.5. The predicted molar refractivity (Wildman–Crippen MR) is 156 cm³/mol. The number of thiophene rings is 1. The summed E-state index contributed by atoms with van der Waals surface area (Å²) in [5, 5.41) is 4.66. The van der Waals surface area contributed by atoms with Crippen LogP contribution in [0.3, 0.4) is 0 Å². The molecular weight excluding hydrogens is 554 g/mol. The highest BCUT2D eigenvalue weighted by Gasteiger charge is 2.28. The fraction of sp³-hybridized carbons (Fsp3) is 0.172. The van der Waals surface area contributed by atoms with E-state index in [2.05, 4.69) is 17.0 Å². The number of anilines is 2. The maximum Gasteiger partial charge on any atom is 0.261 e. The van der Waals surface area contributed by atoms with Gasteiger partial charge in [0.05, 0.1) is 26.4 Å². The van der Waals surface area contributed by atoms with E-state index in [0.717, 1.165) is 52.2 Å². The number of aromatic nitrogens is 1. The number of amides is 1. The molecule has 0 bridgehead atoms. The van der Waals surface area contributed by atoms with Crippen molar-refractivity contribution in [2.24, 2.45) is 5.92 Å². The molecule has 0 saturated heterocycles. The number of para-hydroxylation sites is 2. The van der Waals surface area contributed by atoms with E-state index in [4.69, 9.17) is 4.98 Å². The van der Waals surface area contributed by atoms with Crippen LogP contribution in [0.15, 0.2) is 77.7 Å². The molecule has 1 amide bonds. The number of rotatable bonds is 6.